The van der Waals surface area contributed by atoms with Gasteiger partial charge in [-0.15, -0.1) is 0 Å². The number of rotatable bonds is 5. The third-order valence-electron chi connectivity index (χ3n) is 3.36. The second-order valence-electron chi connectivity index (χ2n) is 4.95. The van der Waals surface area contributed by atoms with Crippen molar-refractivity contribution in [3.63, 3.8) is 0 Å². The van der Waals surface area contributed by atoms with Crippen molar-refractivity contribution >= 4 is 29.1 Å². The van der Waals surface area contributed by atoms with E-state index in [9.17, 15) is 4.79 Å². The Bertz CT molecular complexity index is 499. The van der Waals surface area contributed by atoms with Crippen LogP contribution in [-0.4, -0.2) is 48.1 Å². The average Bonchev–Trinajstić information content (AvgIpc) is 2.48. The molecule has 0 saturated carbocycles. The topological polar surface area (TPSA) is 54.5 Å². The van der Waals surface area contributed by atoms with Crippen molar-refractivity contribution in [3.05, 3.63) is 28.0 Å². The van der Waals surface area contributed by atoms with Crippen LogP contribution in [0.3, 0.4) is 0 Å². The van der Waals surface area contributed by atoms with E-state index < -0.39 is 0 Å². The second-order valence-corrected chi connectivity index (χ2v) is 5.75. The Morgan fingerprint density at radius 2 is 2.38 bits per heavy atom. The minimum atomic E-state index is -0.294. The predicted molar refractivity (Wildman–Crippen MR) is 82.6 cm³/mol. The van der Waals surface area contributed by atoms with Gasteiger partial charge in [-0.1, -0.05) is 30.1 Å². The van der Waals surface area contributed by atoms with Crippen LogP contribution >= 0.6 is 23.2 Å². The van der Waals surface area contributed by atoms with E-state index in [0.717, 1.165) is 12.0 Å². The largest absolute Gasteiger partial charge is 0.378 e. The van der Waals surface area contributed by atoms with Gasteiger partial charge in [0.15, 0.2) is 0 Å². The summed E-state index contributed by atoms with van der Waals surface area (Å²) in [6.45, 7) is 4.94. The van der Waals surface area contributed by atoms with E-state index in [2.05, 4.69) is 15.2 Å². The molecule has 21 heavy (non-hydrogen) atoms. The molecule has 1 aliphatic heterocycles. The van der Waals surface area contributed by atoms with E-state index in [1.165, 1.54) is 0 Å². The first-order valence-corrected chi connectivity index (χ1v) is 7.76. The second kappa shape index (κ2) is 7.94. The molecule has 1 unspecified atom stereocenters. The summed E-state index contributed by atoms with van der Waals surface area (Å²) in [5.74, 6) is -0.00500. The van der Waals surface area contributed by atoms with Gasteiger partial charge in [0.1, 0.15) is 11.2 Å². The molecule has 1 aromatic heterocycles. The van der Waals surface area contributed by atoms with Gasteiger partial charge in [0.25, 0.3) is 0 Å². The summed E-state index contributed by atoms with van der Waals surface area (Å²) in [5, 5.41) is 3.84. The summed E-state index contributed by atoms with van der Waals surface area (Å²) in [6, 6.07) is 1.32. The first-order valence-electron chi connectivity index (χ1n) is 7.01. The first kappa shape index (κ1) is 16.5. The van der Waals surface area contributed by atoms with Gasteiger partial charge in [0.2, 0.25) is 5.91 Å². The van der Waals surface area contributed by atoms with Crippen molar-refractivity contribution in [1.29, 1.82) is 0 Å². The zero-order valence-corrected chi connectivity index (χ0v) is 13.5. The van der Waals surface area contributed by atoms with Gasteiger partial charge in [0.05, 0.1) is 13.2 Å². The molecule has 1 N–H and O–H groups in total. The van der Waals surface area contributed by atoms with Gasteiger partial charge in [0, 0.05) is 36.4 Å². The number of amides is 1. The lowest BCUT2D eigenvalue weighted by atomic mass is 10.1. The Kier molecular flexibility index (Phi) is 6.23. The maximum absolute atomic E-state index is 12.2. The van der Waals surface area contributed by atoms with E-state index in [1.54, 1.807) is 12.3 Å². The highest BCUT2D eigenvalue weighted by molar-refractivity contribution is 6.34. The van der Waals surface area contributed by atoms with Crippen LogP contribution in [0, 0.1) is 0 Å². The quantitative estimate of drug-likeness (QED) is 0.839. The summed E-state index contributed by atoms with van der Waals surface area (Å²) in [7, 11) is 0. The van der Waals surface area contributed by atoms with Crippen molar-refractivity contribution in [1.82, 2.24) is 15.2 Å². The molecule has 7 heteroatoms. The molecule has 0 bridgehead atoms. The first-order chi connectivity index (χ1) is 10.1. The highest BCUT2D eigenvalue weighted by atomic mass is 35.5. The fourth-order valence-electron chi connectivity index (χ4n) is 2.21. The number of hydrogen-bond donors (Lipinski definition) is 1. The number of nitrogens with one attached hydrogen (secondary N) is 1. The summed E-state index contributed by atoms with van der Waals surface area (Å²) in [4.78, 5) is 18.3. The average molecular weight is 332 g/mol. The molecule has 0 aromatic carbocycles. The minimum Gasteiger partial charge on any atom is -0.378 e. The lowest BCUT2D eigenvalue weighted by Gasteiger charge is -2.34. The SMILES string of the molecule is CCCNC(=O)C1COCCN1Cc1cnc(Cl)cc1Cl. The van der Waals surface area contributed by atoms with Gasteiger partial charge < -0.3 is 10.1 Å². The van der Waals surface area contributed by atoms with E-state index >= 15 is 0 Å². The number of aromatic nitrogens is 1. The molecule has 0 spiro atoms. The summed E-state index contributed by atoms with van der Waals surface area (Å²) in [6.07, 6.45) is 2.56. The van der Waals surface area contributed by atoms with Gasteiger partial charge in [-0.2, -0.15) is 0 Å². The van der Waals surface area contributed by atoms with Crippen molar-refractivity contribution in [2.24, 2.45) is 0 Å². The van der Waals surface area contributed by atoms with E-state index in [0.29, 0.717) is 43.0 Å². The number of pyridine rings is 1. The Hall–Kier alpha value is -0.880. The Morgan fingerprint density at radius 1 is 1.57 bits per heavy atom. The summed E-state index contributed by atoms with van der Waals surface area (Å²) < 4.78 is 5.43. The highest BCUT2D eigenvalue weighted by Gasteiger charge is 2.29. The van der Waals surface area contributed by atoms with Gasteiger partial charge in [-0.3, -0.25) is 9.69 Å². The van der Waals surface area contributed by atoms with E-state index in [1.807, 2.05) is 6.92 Å². The Labute approximate surface area is 134 Å². The standard InChI is InChI=1S/C14H19Cl2N3O2/c1-2-3-17-14(20)12-9-21-5-4-19(12)8-10-7-18-13(16)6-11(10)15/h6-7,12H,2-5,8-9H2,1H3,(H,17,20). The van der Waals surface area contributed by atoms with E-state index in [-0.39, 0.29) is 11.9 Å². The minimum absolute atomic E-state index is 0.00500. The molecular formula is C14H19Cl2N3O2. The lowest BCUT2D eigenvalue weighted by Crippen LogP contribution is -2.53. The van der Waals surface area contributed by atoms with Crippen molar-refractivity contribution in [2.75, 3.05) is 26.3 Å². The molecule has 0 aliphatic carbocycles. The van der Waals surface area contributed by atoms with Crippen LogP contribution in [-0.2, 0) is 16.1 Å². The third kappa shape index (κ3) is 4.54. The number of ether oxygens (including phenoxy) is 1. The van der Waals surface area contributed by atoms with Gasteiger partial charge >= 0.3 is 0 Å². The molecular weight excluding hydrogens is 313 g/mol. The number of carbonyl (C=O) groups is 1. The third-order valence-corrected chi connectivity index (χ3v) is 3.92. The predicted octanol–water partition coefficient (Wildman–Crippen LogP) is 2.12. The van der Waals surface area contributed by atoms with Crippen LogP contribution in [0.1, 0.15) is 18.9 Å². The Morgan fingerprint density at radius 3 is 3.10 bits per heavy atom. The number of halogens is 2. The molecule has 2 rings (SSSR count). The molecule has 2 heterocycles. The number of hydrogen-bond acceptors (Lipinski definition) is 4. The van der Waals surface area contributed by atoms with Crippen LogP contribution in [0.15, 0.2) is 12.3 Å². The smallest absolute Gasteiger partial charge is 0.239 e. The van der Waals surface area contributed by atoms with Crippen molar-refractivity contribution < 1.29 is 9.53 Å². The molecule has 116 valence electrons. The van der Waals surface area contributed by atoms with Crippen LogP contribution in [0.4, 0.5) is 0 Å². The molecule has 0 radical (unpaired) electrons. The lowest BCUT2D eigenvalue weighted by molar-refractivity contribution is -0.132. The normalized spacial score (nSPS) is 19.5. The maximum atomic E-state index is 12.2. The molecule has 5 nitrogen and oxygen atoms in total. The fraction of sp³-hybridized carbons (Fsp3) is 0.571. The molecule has 1 aromatic rings. The zero-order chi connectivity index (χ0) is 15.2. The van der Waals surface area contributed by atoms with Crippen LogP contribution in [0.2, 0.25) is 10.2 Å². The van der Waals surface area contributed by atoms with Crippen molar-refractivity contribution in [3.8, 4) is 0 Å². The monoisotopic (exact) mass is 331 g/mol. The van der Waals surface area contributed by atoms with Crippen LogP contribution in [0.5, 0.6) is 0 Å². The number of carbonyl (C=O) groups excluding carboxylic acids is 1. The number of morpholine rings is 1. The summed E-state index contributed by atoms with van der Waals surface area (Å²) in [5.41, 5.74) is 0.858. The molecule has 1 atom stereocenters. The Balaban J connectivity index is 2.06. The fourth-order valence-corrected chi connectivity index (χ4v) is 2.63. The molecule has 1 fully saturated rings. The van der Waals surface area contributed by atoms with Crippen LogP contribution in [0.25, 0.3) is 0 Å². The highest BCUT2D eigenvalue weighted by Crippen LogP contribution is 2.21. The molecule has 1 amide bonds. The summed E-state index contributed by atoms with van der Waals surface area (Å²) >= 11 is 12.0. The van der Waals surface area contributed by atoms with Gasteiger partial charge in [-0.05, 0) is 12.5 Å². The number of nitrogens with zero attached hydrogens (tertiary/aromatic N) is 2. The molecule has 1 saturated heterocycles. The van der Waals surface area contributed by atoms with Gasteiger partial charge in [-0.25, -0.2) is 4.98 Å². The molecule has 1 aliphatic rings. The van der Waals surface area contributed by atoms with Crippen LogP contribution < -0.4 is 5.32 Å². The zero-order valence-electron chi connectivity index (χ0n) is 11.9. The maximum Gasteiger partial charge on any atom is 0.239 e. The van der Waals surface area contributed by atoms with Crippen molar-refractivity contribution in [2.45, 2.75) is 25.9 Å². The van der Waals surface area contributed by atoms with E-state index in [4.69, 9.17) is 27.9 Å².